The number of carbonyl (C=O) groups excluding carboxylic acids is 1. The maximum absolute atomic E-state index is 11.5. The van der Waals surface area contributed by atoms with E-state index in [1.165, 1.54) is 5.06 Å². The third-order valence-electron chi connectivity index (χ3n) is 2.42. The van der Waals surface area contributed by atoms with Gasteiger partial charge in [-0.15, -0.1) is 0 Å². The van der Waals surface area contributed by atoms with Crippen molar-refractivity contribution in [1.29, 1.82) is 0 Å². The standard InChI is InChI=1S/C10H20N2O2/c1-10(2,3)8-7-9(13)12(14-8)6-4-5-11/h8H,4-7,11H2,1-3H3. The molecular formula is C10H20N2O2. The lowest BCUT2D eigenvalue weighted by molar-refractivity contribution is -0.184. The Morgan fingerprint density at radius 1 is 1.57 bits per heavy atom. The van der Waals surface area contributed by atoms with Crippen LogP contribution in [0.15, 0.2) is 0 Å². The third-order valence-corrected chi connectivity index (χ3v) is 2.42. The molecule has 1 aliphatic heterocycles. The second-order valence-corrected chi connectivity index (χ2v) is 4.80. The van der Waals surface area contributed by atoms with Crippen LogP contribution in [0, 0.1) is 5.41 Å². The van der Waals surface area contributed by atoms with Crippen LogP contribution in [0.25, 0.3) is 0 Å². The first-order valence-corrected chi connectivity index (χ1v) is 5.12. The van der Waals surface area contributed by atoms with E-state index in [1.807, 2.05) is 0 Å². The molecule has 1 aliphatic rings. The van der Waals surface area contributed by atoms with Gasteiger partial charge in [0.2, 0.25) is 5.91 Å². The van der Waals surface area contributed by atoms with Crippen molar-refractivity contribution in [1.82, 2.24) is 5.06 Å². The summed E-state index contributed by atoms with van der Waals surface area (Å²) in [7, 11) is 0. The van der Waals surface area contributed by atoms with E-state index in [4.69, 9.17) is 10.6 Å². The molecule has 1 amide bonds. The van der Waals surface area contributed by atoms with Crippen LogP contribution in [-0.2, 0) is 9.63 Å². The Morgan fingerprint density at radius 2 is 2.21 bits per heavy atom. The molecule has 1 fully saturated rings. The second kappa shape index (κ2) is 4.28. The Labute approximate surface area is 85.3 Å². The van der Waals surface area contributed by atoms with Gasteiger partial charge in [0.1, 0.15) is 0 Å². The van der Waals surface area contributed by atoms with Crippen molar-refractivity contribution in [3.63, 3.8) is 0 Å². The van der Waals surface area contributed by atoms with Gasteiger partial charge in [-0.3, -0.25) is 9.63 Å². The van der Waals surface area contributed by atoms with Crippen LogP contribution in [0.1, 0.15) is 33.6 Å². The maximum Gasteiger partial charge on any atom is 0.248 e. The van der Waals surface area contributed by atoms with Gasteiger partial charge >= 0.3 is 0 Å². The Balaban J connectivity index is 2.47. The molecule has 0 aromatic rings. The molecule has 0 aromatic heterocycles. The van der Waals surface area contributed by atoms with E-state index < -0.39 is 0 Å². The van der Waals surface area contributed by atoms with E-state index in [1.54, 1.807) is 0 Å². The molecule has 0 radical (unpaired) electrons. The Hall–Kier alpha value is -0.610. The predicted octanol–water partition coefficient (Wildman–Crippen LogP) is 0.914. The lowest BCUT2D eigenvalue weighted by atomic mass is 9.87. The lowest BCUT2D eigenvalue weighted by Crippen LogP contribution is -2.29. The molecule has 0 aromatic carbocycles. The number of rotatable bonds is 3. The van der Waals surface area contributed by atoms with Crippen molar-refractivity contribution in [3.8, 4) is 0 Å². The first-order valence-electron chi connectivity index (χ1n) is 5.12. The zero-order valence-electron chi connectivity index (χ0n) is 9.25. The average molecular weight is 200 g/mol. The molecule has 4 nitrogen and oxygen atoms in total. The van der Waals surface area contributed by atoms with Crippen molar-refractivity contribution in [2.75, 3.05) is 13.1 Å². The van der Waals surface area contributed by atoms with Crippen molar-refractivity contribution in [2.24, 2.45) is 11.1 Å². The molecule has 2 N–H and O–H groups in total. The molecule has 1 saturated heterocycles. The first kappa shape index (κ1) is 11.5. The fourth-order valence-corrected chi connectivity index (χ4v) is 1.39. The molecule has 1 atom stereocenters. The molecule has 0 aliphatic carbocycles. The smallest absolute Gasteiger partial charge is 0.248 e. The topological polar surface area (TPSA) is 55.6 Å². The number of carbonyl (C=O) groups is 1. The number of hydroxylamine groups is 2. The van der Waals surface area contributed by atoms with E-state index in [2.05, 4.69) is 20.8 Å². The van der Waals surface area contributed by atoms with Crippen LogP contribution < -0.4 is 5.73 Å². The summed E-state index contributed by atoms with van der Waals surface area (Å²) in [4.78, 5) is 17.1. The van der Waals surface area contributed by atoms with Crippen molar-refractivity contribution >= 4 is 5.91 Å². The van der Waals surface area contributed by atoms with Crippen LogP contribution in [0.4, 0.5) is 0 Å². The summed E-state index contributed by atoms with van der Waals surface area (Å²) < 4.78 is 0. The first-order chi connectivity index (χ1) is 6.45. The minimum absolute atomic E-state index is 0.00720. The number of hydrogen-bond acceptors (Lipinski definition) is 3. The summed E-state index contributed by atoms with van der Waals surface area (Å²) in [6, 6.07) is 0. The molecule has 1 rings (SSSR count). The molecule has 82 valence electrons. The van der Waals surface area contributed by atoms with Crippen LogP contribution in [0.5, 0.6) is 0 Å². The highest BCUT2D eigenvalue weighted by atomic mass is 16.7. The van der Waals surface area contributed by atoms with E-state index in [0.29, 0.717) is 19.5 Å². The highest BCUT2D eigenvalue weighted by molar-refractivity contribution is 5.77. The molecule has 0 bridgehead atoms. The van der Waals surface area contributed by atoms with E-state index >= 15 is 0 Å². The number of nitrogens with zero attached hydrogens (tertiary/aromatic N) is 1. The van der Waals surface area contributed by atoms with Crippen molar-refractivity contribution in [3.05, 3.63) is 0 Å². The van der Waals surface area contributed by atoms with E-state index in [0.717, 1.165) is 6.42 Å². The van der Waals surface area contributed by atoms with Gasteiger partial charge in [-0.25, -0.2) is 5.06 Å². The van der Waals surface area contributed by atoms with E-state index in [-0.39, 0.29) is 17.4 Å². The van der Waals surface area contributed by atoms with Crippen molar-refractivity contribution in [2.45, 2.75) is 39.7 Å². The molecule has 14 heavy (non-hydrogen) atoms. The summed E-state index contributed by atoms with van der Waals surface area (Å²) in [5, 5.41) is 1.46. The van der Waals surface area contributed by atoms with E-state index in [9.17, 15) is 4.79 Å². The van der Waals surface area contributed by atoms with Crippen LogP contribution in [-0.4, -0.2) is 30.2 Å². The van der Waals surface area contributed by atoms with Gasteiger partial charge < -0.3 is 5.73 Å². The molecule has 4 heteroatoms. The van der Waals surface area contributed by atoms with Gasteiger partial charge in [0.05, 0.1) is 12.5 Å². The highest BCUT2D eigenvalue weighted by Gasteiger charge is 2.38. The third kappa shape index (κ3) is 2.69. The van der Waals surface area contributed by atoms with Gasteiger partial charge in [0.15, 0.2) is 0 Å². The van der Waals surface area contributed by atoms with Crippen molar-refractivity contribution < 1.29 is 9.63 Å². The van der Waals surface area contributed by atoms with Crippen LogP contribution in [0.3, 0.4) is 0 Å². The zero-order valence-corrected chi connectivity index (χ0v) is 9.25. The quantitative estimate of drug-likeness (QED) is 0.737. The monoisotopic (exact) mass is 200 g/mol. The van der Waals surface area contributed by atoms with Gasteiger partial charge in [0.25, 0.3) is 0 Å². The van der Waals surface area contributed by atoms with Gasteiger partial charge in [0, 0.05) is 6.54 Å². The minimum Gasteiger partial charge on any atom is -0.330 e. The van der Waals surface area contributed by atoms with Gasteiger partial charge in [-0.2, -0.15) is 0 Å². The predicted molar refractivity (Wildman–Crippen MR) is 54.3 cm³/mol. The number of hydrogen-bond donors (Lipinski definition) is 1. The van der Waals surface area contributed by atoms with Crippen LogP contribution >= 0.6 is 0 Å². The molecular weight excluding hydrogens is 180 g/mol. The summed E-state index contributed by atoms with van der Waals surface area (Å²) in [6.45, 7) is 7.45. The number of amides is 1. The van der Waals surface area contributed by atoms with Crippen LogP contribution in [0.2, 0.25) is 0 Å². The minimum atomic E-state index is 0.00720. The fraction of sp³-hybridized carbons (Fsp3) is 0.900. The normalized spacial score (nSPS) is 23.3. The Bertz CT molecular complexity index is 211. The Morgan fingerprint density at radius 3 is 2.64 bits per heavy atom. The largest absolute Gasteiger partial charge is 0.330 e. The van der Waals surface area contributed by atoms with Gasteiger partial charge in [-0.05, 0) is 18.4 Å². The summed E-state index contributed by atoms with van der Waals surface area (Å²) >= 11 is 0. The fourth-order valence-electron chi connectivity index (χ4n) is 1.39. The molecule has 1 heterocycles. The number of nitrogens with two attached hydrogens (primary N) is 1. The highest BCUT2D eigenvalue weighted by Crippen LogP contribution is 2.30. The summed E-state index contributed by atoms with van der Waals surface area (Å²) in [6.07, 6.45) is 1.30. The lowest BCUT2D eigenvalue weighted by Gasteiger charge is -2.25. The SMILES string of the molecule is CC(C)(C)C1CC(=O)N(CCCN)O1. The zero-order chi connectivity index (χ0) is 10.8. The summed E-state index contributed by atoms with van der Waals surface area (Å²) in [5.74, 6) is 0.0818. The molecule has 0 spiro atoms. The molecule has 0 saturated carbocycles. The summed E-state index contributed by atoms with van der Waals surface area (Å²) in [5.41, 5.74) is 5.40. The van der Waals surface area contributed by atoms with Gasteiger partial charge in [-0.1, -0.05) is 20.8 Å². The second-order valence-electron chi connectivity index (χ2n) is 4.80. The maximum atomic E-state index is 11.5. The Kier molecular flexibility index (Phi) is 3.50. The molecule has 1 unspecified atom stereocenters. The average Bonchev–Trinajstić information content (AvgIpc) is 2.43.